The van der Waals surface area contributed by atoms with Gasteiger partial charge in [-0.3, -0.25) is 10.1 Å². The normalized spacial score (nSPS) is 16.3. The summed E-state index contributed by atoms with van der Waals surface area (Å²) in [5.41, 5.74) is -0.0149. The van der Waals surface area contributed by atoms with Crippen LogP contribution in [0.1, 0.15) is 12.8 Å². The summed E-state index contributed by atoms with van der Waals surface area (Å²) in [7, 11) is 1.81. The van der Waals surface area contributed by atoms with Crippen LogP contribution in [0.25, 0.3) is 0 Å². The molecule has 2 heterocycles. The summed E-state index contributed by atoms with van der Waals surface area (Å²) in [6, 6.07) is 2.83. The average molecular weight is 286 g/mol. The third kappa shape index (κ3) is 3.54. The van der Waals surface area contributed by atoms with E-state index in [1.54, 1.807) is 11.9 Å². The molecule has 1 saturated heterocycles. The Kier molecular flexibility index (Phi) is 4.55. The van der Waals surface area contributed by atoms with Crippen molar-refractivity contribution in [1.82, 2.24) is 4.98 Å². The summed E-state index contributed by atoms with van der Waals surface area (Å²) in [4.78, 5) is 16.5. The predicted molar refractivity (Wildman–Crippen MR) is 72.7 cm³/mol. The second-order valence-electron chi connectivity index (χ2n) is 4.67. The lowest BCUT2D eigenvalue weighted by atomic mass is 10.00. The van der Waals surface area contributed by atoms with E-state index in [-0.39, 0.29) is 10.8 Å². The van der Waals surface area contributed by atoms with E-state index in [9.17, 15) is 10.1 Å². The third-order valence-electron chi connectivity index (χ3n) is 3.25. The Hall–Kier alpha value is -1.40. The molecule has 0 aliphatic carbocycles. The quantitative estimate of drug-likeness (QED) is 0.483. The smallest absolute Gasteiger partial charge is 0.311 e. The van der Waals surface area contributed by atoms with Gasteiger partial charge >= 0.3 is 5.69 Å². The molecular formula is C12H16ClN3O3. The van der Waals surface area contributed by atoms with Crippen molar-refractivity contribution < 1.29 is 9.66 Å². The van der Waals surface area contributed by atoms with E-state index in [2.05, 4.69) is 4.98 Å². The molecule has 0 atom stereocenters. The summed E-state index contributed by atoms with van der Waals surface area (Å²) < 4.78 is 5.30. The van der Waals surface area contributed by atoms with E-state index in [1.807, 2.05) is 0 Å². The first-order valence-corrected chi connectivity index (χ1v) is 6.55. The number of rotatable bonds is 4. The molecule has 0 bridgehead atoms. The number of nitro groups is 1. The van der Waals surface area contributed by atoms with Gasteiger partial charge in [0, 0.05) is 32.9 Å². The number of hydrogen-bond acceptors (Lipinski definition) is 5. The third-order valence-corrected chi connectivity index (χ3v) is 3.46. The Morgan fingerprint density at radius 2 is 2.21 bits per heavy atom. The van der Waals surface area contributed by atoms with Gasteiger partial charge < -0.3 is 9.64 Å². The van der Waals surface area contributed by atoms with Crippen molar-refractivity contribution in [2.24, 2.45) is 5.92 Å². The molecule has 104 valence electrons. The van der Waals surface area contributed by atoms with Gasteiger partial charge in [-0.05, 0) is 24.8 Å². The number of halogens is 1. The standard InChI is InChI=1S/C12H16ClN3O3/c1-15(8-9-4-6-19-7-5-9)12-10(16(17)18)2-3-11(13)14-12/h2-3,9H,4-8H2,1H3. The number of nitrogens with zero attached hydrogens (tertiary/aromatic N) is 3. The van der Waals surface area contributed by atoms with Crippen LogP contribution in [0, 0.1) is 16.0 Å². The van der Waals surface area contributed by atoms with Gasteiger partial charge in [-0.25, -0.2) is 4.98 Å². The summed E-state index contributed by atoms with van der Waals surface area (Å²) >= 11 is 5.83. The van der Waals surface area contributed by atoms with Crippen molar-refractivity contribution in [3.05, 3.63) is 27.4 Å². The molecule has 6 nitrogen and oxygen atoms in total. The van der Waals surface area contributed by atoms with Gasteiger partial charge in [0.25, 0.3) is 0 Å². The molecule has 0 aromatic carbocycles. The van der Waals surface area contributed by atoms with Crippen LogP contribution in [-0.2, 0) is 4.74 Å². The van der Waals surface area contributed by atoms with Gasteiger partial charge in [-0.15, -0.1) is 0 Å². The molecule has 0 amide bonds. The zero-order chi connectivity index (χ0) is 13.8. The second kappa shape index (κ2) is 6.16. The van der Waals surface area contributed by atoms with Crippen molar-refractivity contribution in [3.8, 4) is 0 Å². The van der Waals surface area contributed by atoms with E-state index < -0.39 is 4.92 Å². The molecule has 19 heavy (non-hydrogen) atoms. The van der Waals surface area contributed by atoms with Crippen molar-refractivity contribution in [3.63, 3.8) is 0 Å². The number of anilines is 1. The minimum absolute atomic E-state index is 0.0149. The van der Waals surface area contributed by atoms with Gasteiger partial charge in [0.05, 0.1) is 4.92 Å². The van der Waals surface area contributed by atoms with Gasteiger partial charge in [-0.1, -0.05) is 11.6 Å². The van der Waals surface area contributed by atoms with Crippen LogP contribution in [0.3, 0.4) is 0 Å². The van der Waals surface area contributed by atoms with Crippen molar-refractivity contribution in [1.29, 1.82) is 0 Å². The molecular weight excluding hydrogens is 270 g/mol. The maximum Gasteiger partial charge on any atom is 0.311 e. The largest absolute Gasteiger partial charge is 0.381 e. The van der Waals surface area contributed by atoms with E-state index in [0.29, 0.717) is 11.7 Å². The fourth-order valence-corrected chi connectivity index (χ4v) is 2.39. The van der Waals surface area contributed by atoms with Gasteiger partial charge in [0.1, 0.15) is 5.15 Å². The highest BCUT2D eigenvalue weighted by atomic mass is 35.5. The number of aromatic nitrogens is 1. The van der Waals surface area contributed by atoms with E-state index in [1.165, 1.54) is 12.1 Å². The molecule has 1 fully saturated rings. The van der Waals surface area contributed by atoms with Crippen LogP contribution in [0.5, 0.6) is 0 Å². The summed E-state index contributed by atoms with van der Waals surface area (Å²) in [6.07, 6.45) is 1.94. The molecule has 0 saturated carbocycles. The summed E-state index contributed by atoms with van der Waals surface area (Å²) in [6.45, 7) is 2.23. The first-order chi connectivity index (χ1) is 9.08. The maximum atomic E-state index is 11.0. The van der Waals surface area contributed by atoms with Crippen LogP contribution in [0.15, 0.2) is 12.1 Å². The fourth-order valence-electron chi connectivity index (χ4n) is 2.24. The van der Waals surface area contributed by atoms with Crippen LogP contribution in [0.2, 0.25) is 5.15 Å². The number of pyridine rings is 1. The van der Waals surface area contributed by atoms with E-state index >= 15 is 0 Å². The Balaban J connectivity index is 2.14. The fraction of sp³-hybridized carbons (Fsp3) is 0.583. The molecule has 2 rings (SSSR count). The average Bonchev–Trinajstić information content (AvgIpc) is 2.39. The maximum absolute atomic E-state index is 11.0. The van der Waals surface area contributed by atoms with E-state index in [4.69, 9.17) is 16.3 Å². The molecule has 0 radical (unpaired) electrons. The van der Waals surface area contributed by atoms with Gasteiger partial charge in [-0.2, -0.15) is 0 Å². The van der Waals surface area contributed by atoms with Crippen molar-refractivity contribution >= 4 is 23.1 Å². The lowest BCUT2D eigenvalue weighted by Crippen LogP contribution is -2.30. The Labute approximate surface area is 116 Å². The minimum atomic E-state index is -0.431. The SMILES string of the molecule is CN(CC1CCOCC1)c1nc(Cl)ccc1[N+](=O)[O-]. The second-order valence-corrected chi connectivity index (χ2v) is 5.06. The van der Waals surface area contributed by atoms with Gasteiger partial charge in [0.15, 0.2) is 0 Å². The Morgan fingerprint density at radius 1 is 1.53 bits per heavy atom. The topological polar surface area (TPSA) is 68.5 Å². The zero-order valence-corrected chi connectivity index (χ0v) is 11.5. The van der Waals surface area contributed by atoms with Crippen LogP contribution in [0.4, 0.5) is 11.5 Å². The molecule has 1 aromatic rings. The predicted octanol–water partition coefficient (Wildman–Crippen LogP) is 2.51. The molecule has 0 N–H and O–H groups in total. The highest BCUT2D eigenvalue weighted by molar-refractivity contribution is 6.29. The van der Waals surface area contributed by atoms with Crippen LogP contribution < -0.4 is 4.90 Å². The first kappa shape index (κ1) is 14.0. The van der Waals surface area contributed by atoms with Crippen molar-refractivity contribution in [2.75, 3.05) is 31.7 Å². The molecule has 1 aliphatic rings. The van der Waals surface area contributed by atoms with E-state index in [0.717, 1.165) is 32.6 Å². The lowest BCUT2D eigenvalue weighted by Gasteiger charge is -2.27. The summed E-state index contributed by atoms with van der Waals surface area (Å²) in [5.74, 6) is 0.795. The number of ether oxygens (including phenoxy) is 1. The number of hydrogen-bond donors (Lipinski definition) is 0. The van der Waals surface area contributed by atoms with Crippen LogP contribution >= 0.6 is 11.6 Å². The monoisotopic (exact) mass is 285 g/mol. The minimum Gasteiger partial charge on any atom is -0.381 e. The van der Waals surface area contributed by atoms with Crippen LogP contribution in [-0.4, -0.2) is 36.7 Å². The molecule has 1 aliphatic heterocycles. The highest BCUT2D eigenvalue weighted by Crippen LogP contribution is 2.28. The summed E-state index contributed by atoms with van der Waals surface area (Å²) in [5, 5.41) is 11.3. The molecule has 1 aromatic heterocycles. The molecule has 0 spiro atoms. The Morgan fingerprint density at radius 3 is 2.84 bits per heavy atom. The van der Waals surface area contributed by atoms with Crippen molar-refractivity contribution in [2.45, 2.75) is 12.8 Å². The first-order valence-electron chi connectivity index (χ1n) is 6.17. The molecule has 7 heteroatoms. The molecule has 0 unspecified atom stereocenters. The Bertz CT molecular complexity index is 464. The van der Waals surface area contributed by atoms with Gasteiger partial charge in [0.2, 0.25) is 5.82 Å². The highest BCUT2D eigenvalue weighted by Gasteiger charge is 2.22. The lowest BCUT2D eigenvalue weighted by molar-refractivity contribution is -0.384. The zero-order valence-electron chi connectivity index (χ0n) is 10.7.